The maximum Gasteiger partial charge on any atom is 0.226 e. The Kier molecular flexibility index (Phi) is 5.44. The summed E-state index contributed by atoms with van der Waals surface area (Å²) in [4.78, 5) is 20.7. The second-order valence-corrected chi connectivity index (χ2v) is 8.62. The van der Waals surface area contributed by atoms with Gasteiger partial charge in [0.25, 0.3) is 0 Å². The number of methoxy groups -OCH3 is 1. The first-order valence-electron chi connectivity index (χ1n) is 9.96. The third-order valence-electron chi connectivity index (χ3n) is 5.19. The number of hydrogen-bond donors (Lipinski definition) is 1. The van der Waals surface area contributed by atoms with E-state index in [1.54, 1.807) is 18.4 Å². The number of carbonyl (C=O) groups is 1. The fourth-order valence-electron chi connectivity index (χ4n) is 3.91. The first kappa shape index (κ1) is 19.1. The lowest BCUT2D eigenvalue weighted by Crippen LogP contribution is -2.29. The summed E-state index contributed by atoms with van der Waals surface area (Å²) in [6.07, 6.45) is 4.07. The summed E-state index contributed by atoms with van der Waals surface area (Å²) in [6, 6.07) is 5.89. The van der Waals surface area contributed by atoms with Crippen molar-refractivity contribution >= 4 is 28.2 Å². The predicted molar refractivity (Wildman–Crippen MR) is 112 cm³/mol. The first-order chi connectivity index (χ1) is 13.6. The van der Waals surface area contributed by atoms with Crippen LogP contribution in [0, 0.1) is 0 Å². The molecule has 7 heteroatoms. The number of para-hydroxylation sites is 1. The van der Waals surface area contributed by atoms with Gasteiger partial charge in [0.05, 0.1) is 18.1 Å². The van der Waals surface area contributed by atoms with Crippen molar-refractivity contribution in [1.82, 2.24) is 4.98 Å². The molecule has 1 atom stereocenters. The Hall–Kier alpha value is -2.28. The summed E-state index contributed by atoms with van der Waals surface area (Å²) in [5, 5.41) is 3.98. The van der Waals surface area contributed by atoms with E-state index in [1.807, 2.05) is 32.0 Å². The molecule has 0 aliphatic carbocycles. The van der Waals surface area contributed by atoms with Gasteiger partial charge >= 0.3 is 0 Å². The summed E-state index contributed by atoms with van der Waals surface area (Å²) in [7, 11) is 1.65. The molecule has 1 saturated heterocycles. The van der Waals surface area contributed by atoms with Gasteiger partial charge in [-0.3, -0.25) is 4.79 Å². The van der Waals surface area contributed by atoms with E-state index in [-0.39, 0.29) is 17.9 Å². The zero-order valence-electron chi connectivity index (χ0n) is 16.7. The molecule has 1 amide bonds. The van der Waals surface area contributed by atoms with Crippen LogP contribution in [0.1, 0.15) is 55.9 Å². The third-order valence-corrected chi connectivity index (χ3v) is 6.42. The summed E-state index contributed by atoms with van der Waals surface area (Å²) in [5.41, 5.74) is 0.984. The molecule has 4 rings (SSSR count). The lowest BCUT2D eigenvalue weighted by Gasteiger charge is -2.26. The van der Waals surface area contributed by atoms with Crippen molar-refractivity contribution in [2.45, 2.75) is 51.6 Å². The van der Waals surface area contributed by atoms with Gasteiger partial charge in [-0.1, -0.05) is 23.5 Å². The van der Waals surface area contributed by atoms with Crippen LogP contribution in [-0.2, 0) is 4.79 Å². The van der Waals surface area contributed by atoms with Gasteiger partial charge in [0, 0.05) is 31.0 Å². The molecule has 1 N–H and O–H groups in total. The van der Waals surface area contributed by atoms with Crippen LogP contribution < -0.4 is 19.7 Å². The molecule has 0 radical (unpaired) electrons. The molecular formula is C21H27N3O3S. The highest BCUT2D eigenvalue weighted by Gasteiger charge is 2.34. The number of piperidine rings is 1. The van der Waals surface area contributed by atoms with Gasteiger partial charge < -0.3 is 19.7 Å². The monoisotopic (exact) mass is 401 g/mol. The number of rotatable bonds is 5. The number of thiazole rings is 1. The predicted octanol–water partition coefficient (Wildman–Crippen LogP) is 4.40. The Morgan fingerprint density at radius 1 is 1.25 bits per heavy atom. The quantitative estimate of drug-likeness (QED) is 0.804. The highest BCUT2D eigenvalue weighted by Crippen LogP contribution is 2.48. The van der Waals surface area contributed by atoms with Crippen LogP contribution in [0.25, 0.3) is 0 Å². The molecule has 0 spiro atoms. The Morgan fingerprint density at radius 3 is 2.75 bits per heavy atom. The minimum atomic E-state index is -0.0800. The zero-order valence-corrected chi connectivity index (χ0v) is 17.5. The molecular weight excluding hydrogens is 374 g/mol. The molecule has 3 heterocycles. The molecule has 6 nitrogen and oxygen atoms in total. The minimum absolute atomic E-state index is 0.00805. The normalized spacial score (nSPS) is 19.4. The average Bonchev–Trinajstić information content (AvgIpc) is 3.12. The number of hydrogen-bond acceptors (Lipinski definition) is 6. The maximum absolute atomic E-state index is 12.5. The van der Waals surface area contributed by atoms with E-state index in [2.05, 4.69) is 10.2 Å². The number of amides is 1. The van der Waals surface area contributed by atoms with E-state index in [0.717, 1.165) is 34.4 Å². The number of anilines is 2. The molecule has 2 aliphatic heterocycles. The van der Waals surface area contributed by atoms with E-state index in [4.69, 9.17) is 14.5 Å². The smallest absolute Gasteiger partial charge is 0.226 e. The number of ether oxygens (including phenoxy) is 2. The van der Waals surface area contributed by atoms with Gasteiger partial charge in [-0.05, 0) is 39.2 Å². The van der Waals surface area contributed by atoms with Crippen LogP contribution in [-0.4, -0.2) is 37.2 Å². The van der Waals surface area contributed by atoms with Crippen molar-refractivity contribution in [2.75, 3.05) is 30.4 Å². The summed E-state index contributed by atoms with van der Waals surface area (Å²) in [6.45, 7) is 6.06. The second kappa shape index (κ2) is 7.99. The number of nitrogens with zero attached hydrogens (tertiary/aromatic N) is 2. The minimum Gasteiger partial charge on any atom is -0.493 e. The standard InChI is InChI=1S/C21H27N3O3S/c1-13(2)27-18-14(8-7-9-16(18)26-3)15-12-17(25)22-20-19(15)28-21(23-20)24-10-5-4-6-11-24/h7-9,13,15H,4-6,10-12H2,1-3H3,(H,22,25)/t15-/m0/s1. The molecule has 0 saturated carbocycles. The topological polar surface area (TPSA) is 63.7 Å². The Morgan fingerprint density at radius 2 is 2.04 bits per heavy atom. The van der Waals surface area contributed by atoms with Gasteiger partial charge in [0.1, 0.15) is 5.82 Å². The third kappa shape index (κ3) is 3.68. The van der Waals surface area contributed by atoms with Gasteiger partial charge in [0.2, 0.25) is 5.91 Å². The molecule has 2 aliphatic rings. The lowest BCUT2D eigenvalue weighted by molar-refractivity contribution is -0.116. The SMILES string of the molecule is COc1cccc([C@@H]2CC(=O)Nc3nc(N4CCCCC4)sc32)c1OC(C)C. The van der Waals surface area contributed by atoms with Crippen LogP contribution in [0.3, 0.4) is 0 Å². The summed E-state index contributed by atoms with van der Waals surface area (Å²) >= 11 is 1.69. The lowest BCUT2D eigenvalue weighted by atomic mass is 9.90. The van der Waals surface area contributed by atoms with E-state index in [1.165, 1.54) is 19.3 Å². The number of carbonyl (C=O) groups excluding carboxylic acids is 1. The van der Waals surface area contributed by atoms with Gasteiger partial charge in [-0.25, -0.2) is 4.98 Å². The molecule has 0 unspecified atom stereocenters. The molecule has 28 heavy (non-hydrogen) atoms. The van der Waals surface area contributed by atoms with Gasteiger partial charge in [0.15, 0.2) is 16.6 Å². The molecule has 0 bridgehead atoms. The van der Waals surface area contributed by atoms with Crippen LogP contribution in [0.2, 0.25) is 0 Å². The zero-order chi connectivity index (χ0) is 19.7. The average molecular weight is 402 g/mol. The molecule has 2 aromatic rings. The fourth-order valence-corrected chi connectivity index (χ4v) is 5.10. The Bertz CT molecular complexity index is 859. The first-order valence-corrected chi connectivity index (χ1v) is 10.8. The van der Waals surface area contributed by atoms with E-state index in [0.29, 0.717) is 18.0 Å². The van der Waals surface area contributed by atoms with Crippen molar-refractivity contribution in [2.24, 2.45) is 0 Å². The van der Waals surface area contributed by atoms with Crippen molar-refractivity contribution in [3.63, 3.8) is 0 Å². The van der Waals surface area contributed by atoms with Crippen molar-refractivity contribution in [1.29, 1.82) is 0 Å². The molecule has 150 valence electrons. The van der Waals surface area contributed by atoms with Crippen molar-refractivity contribution in [3.05, 3.63) is 28.6 Å². The summed E-state index contributed by atoms with van der Waals surface area (Å²) < 4.78 is 11.7. The number of benzene rings is 1. The number of aromatic nitrogens is 1. The Balaban J connectivity index is 1.76. The fraction of sp³-hybridized carbons (Fsp3) is 0.524. The maximum atomic E-state index is 12.5. The van der Waals surface area contributed by atoms with E-state index < -0.39 is 0 Å². The summed E-state index contributed by atoms with van der Waals surface area (Å²) in [5.74, 6) is 2.03. The Labute approximate surface area is 169 Å². The van der Waals surface area contributed by atoms with E-state index >= 15 is 0 Å². The molecule has 1 fully saturated rings. The van der Waals surface area contributed by atoms with Crippen molar-refractivity contribution in [3.8, 4) is 11.5 Å². The van der Waals surface area contributed by atoms with Crippen LogP contribution >= 0.6 is 11.3 Å². The number of fused-ring (bicyclic) bond motifs is 1. The van der Waals surface area contributed by atoms with Gasteiger partial charge in [-0.2, -0.15) is 0 Å². The highest BCUT2D eigenvalue weighted by molar-refractivity contribution is 7.16. The largest absolute Gasteiger partial charge is 0.493 e. The molecule has 1 aromatic heterocycles. The number of nitrogens with one attached hydrogen (secondary N) is 1. The molecule has 1 aromatic carbocycles. The van der Waals surface area contributed by atoms with Crippen LogP contribution in [0.4, 0.5) is 10.9 Å². The second-order valence-electron chi connectivity index (χ2n) is 7.61. The van der Waals surface area contributed by atoms with Crippen LogP contribution in [0.15, 0.2) is 18.2 Å². The van der Waals surface area contributed by atoms with E-state index in [9.17, 15) is 4.79 Å². The van der Waals surface area contributed by atoms with Gasteiger partial charge in [-0.15, -0.1) is 0 Å². The van der Waals surface area contributed by atoms with Crippen LogP contribution in [0.5, 0.6) is 11.5 Å². The highest BCUT2D eigenvalue weighted by atomic mass is 32.1. The van der Waals surface area contributed by atoms with Crippen molar-refractivity contribution < 1.29 is 14.3 Å².